The van der Waals surface area contributed by atoms with Crippen molar-refractivity contribution in [2.24, 2.45) is 0 Å². The zero-order valence-corrected chi connectivity index (χ0v) is 33.2. The van der Waals surface area contributed by atoms with Gasteiger partial charge < -0.3 is 4.57 Å². The topological polar surface area (TPSA) is 30.7 Å². The summed E-state index contributed by atoms with van der Waals surface area (Å²) in [5.41, 5.74) is 15.1. The van der Waals surface area contributed by atoms with Crippen molar-refractivity contribution in [2.75, 3.05) is 0 Å². The molecule has 0 spiro atoms. The Balaban J connectivity index is 1.01. The fourth-order valence-electron chi connectivity index (χ4n) is 9.27. The van der Waals surface area contributed by atoms with Gasteiger partial charge in [-0.05, 0) is 63.9 Å². The predicted octanol–water partition coefficient (Wildman–Crippen LogP) is 15.4. The Morgan fingerprint density at radius 2 is 0.852 bits per heavy atom. The van der Waals surface area contributed by atoms with E-state index >= 15 is 0 Å². The van der Waals surface area contributed by atoms with E-state index in [0.717, 1.165) is 78.0 Å². The van der Waals surface area contributed by atoms with Crippen LogP contribution in [0.25, 0.3) is 116 Å². The molecule has 284 valence electrons. The Kier molecular flexibility index (Phi) is 8.17. The van der Waals surface area contributed by atoms with E-state index in [0.29, 0.717) is 0 Å². The van der Waals surface area contributed by atoms with Gasteiger partial charge in [0, 0.05) is 54.9 Å². The number of para-hydroxylation sites is 3. The molecule has 3 aromatic heterocycles. The Morgan fingerprint density at radius 3 is 1.51 bits per heavy atom. The maximum atomic E-state index is 5.61. The van der Waals surface area contributed by atoms with Crippen LogP contribution in [0.15, 0.2) is 224 Å². The van der Waals surface area contributed by atoms with Crippen molar-refractivity contribution in [3.05, 3.63) is 224 Å². The largest absolute Gasteiger partial charge is 0.309 e. The number of pyridine rings is 2. The fourth-order valence-corrected chi connectivity index (χ4v) is 9.27. The van der Waals surface area contributed by atoms with Gasteiger partial charge in [0.05, 0.1) is 33.6 Å². The number of aromatic nitrogens is 3. The molecular formula is C58H37N3. The molecule has 0 saturated carbocycles. The van der Waals surface area contributed by atoms with E-state index in [-0.39, 0.29) is 0 Å². The maximum Gasteiger partial charge on any atom is 0.0794 e. The molecule has 0 amide bonds. The summed E-state index contributed by atoms with van der Waals surface area (Å²) in [7, 11) is 0. The molecule has 3 heteroatoms. The lowest BCUT2D eigenvalue weighted by molar-refractivity contribution is 1.18. The highest BCUT2D eigenvalue weighted by molar-refractivity contribution is 6.24. The summed E-state index contributed by atoms with van der Waals surface area (Å²) in [6, 6.07) is 80.3. The predicted molar refractivity (Wildman–Crippen MR) is 256 cm³/mol. The van der Waals surface area contributed by atoms with Gasteiger partial charge in [-0.3, -0.25) is 0 Å². The van der Waals surface area contributed by atoms with E-state index in [1.165, 1.54) is 38.0 Å². The van der Waals surface area contributed by atoms with Crippen LogP contribution in [0.1, 0.15) is 0 Å². The quantitative estimate of drug-likeness (QED) is 0.158. The smallest absolute Gasteiger partial charge is 0.0794 e. The first kappa shape index (κ1) is 34.9. The maximum absolute atomic E-state index is 5.61. The molecule has 0 aliphatic heterocycles. The highest BCUT2D eigenvalue weighted by atomic mass is 15.0. The van der Waals surface area contributed by atoms with Crippen LogP contribution < -0.4 is 0 Å². The van der Waals surface area contributed by atoms with Crippen LogP contribution in [0.3, 0.4) is 0 Å². The van der Waals surface area contributed by atoms with Crippen LogP contribution in [0.2, 0.25) is 0 Å². The summed E-state index contributed by atoms with van der Waals surface area (Å²) >= 11 is 0. The van der Waals surface area contributed by atoms with Crippen molar-refractivity contribution in [1.82, 2.24) is 14.5 Å². The molecule has 0 unspecified atom stereocenters. The third kappa shape index (κ3) is 5.90. The van der Waals surface area contributed by atoms with Gasteiger partial charge in [0.2, 0.25) is 0 Å². The molecule has 0 saturated heterocycles. The zero-order chi connectivity index (χ0) is 40.3. The number of hydrogen-bond donors (Lipinski definition) is 0. The average molecular weight is 776 g/mol. The van der Waals surface area contributed by atoms with E-state index in [1.807, 2.05) is 12.1 Å². The second-order valence-electron chi connectivity index (χ2n) is 15.7. The summed E-state index contributed by atoms with van der Waals surface area (Å²) in [5, 5.41) is 8.47. The van der Waals surface area contributed by atoms with E-state index in [9.17, 15) is 0 Å². The Hall–Kier alpha value is -8.14. The van der Waals surface area contributed by atoms with Crippen LogP contribution in [-0.4, -0.2) is 14.5 Å². The van der Waals surface area contributed by atoms with Crippen molar-refractivity contribution in [3.63, 3.8) is 0 Å². The van der Waals surface area contributed by atoms with Crippen molar-refractivity contribution < 1.29 is 0 Å². The normalized spacial score (nSPS) is 11.6. The molecule has 0 fully saturated rings. The second-order valence-corrected chi connectivity index (χ2v) is 15.7. The molecule has 3 heterocycles. The van der Waals surface area contributed by atoms with Gasteiger partial charge in [-0.15, -0.1) is 0 Å². The minimum atomic E-state index is 0.950. The van der Waals surface area contributed by atoms with Gasteiger partial charge in [-0.25, -0.2) is 9.97 Å². The lowest BCUT2D eigenvalue weighted by Gasteiger charge is -2.16. The lowest BCUT2D eigenvalue weighted by Crippen LogP contribution is -1.95. The van der Waals surface area contributed by atoms with E-state index in [4.69, 9.17) is 9.97 Å². The van der Waals surface area contributed by atoms with Crippen molar-refractivity contribution in [3.8, 4) is 61.7 Å². The van der Waals surface area contributed by atoms with Crippen LogP contribution in [0.4, 0.5) is 0 Å². The van der Waals surface area contributed by atoms with E-state index < -0.39 is 0 Å². The third-order valence-corrected chi connectivity index (χ3v) is 12.2. The number of hydrogen-bond acceptors (Lipinski definition) is 2. The van der Waals surface area contributed by atoms with Crippen LogP contribution >= 0.6 is 0 Å². The van der Waals surface area contributed by atoms with Crippen molar-refractivity contribution in [2.45, 2.75) is 0 Å². The first-order valence-electron chi connectivity index (χ1n) is 20.8. The highest BCUT2D eigenvalue weighted by Gasteiger charge is 2.18. The fraction of sp³-hybridized carbons (Fsp3) is 0. The van der Waals surface area contributed by atoms with Gasteiger partial charge in [0.1, 0.15) is 0 Å². The minimum absolute atomic E-state index is 0.950. The van der Waals surface area contributed by atoms with Crippen LogP contribution in [-0.2, 0) is 0 Å². The highest BCUT2D eigenvalue weighted by Crippen LogP contribution is 2.41. The standard InChI is InChI=1S/C58H37N3/c1-3-15-41(16-4-1)52-36-44(37-53(59-52)42-17-5-2-6-18-42)38-26-28-43(29-27-38)57-51-35-32-39-14-7-8-19-46(39)56(51)50-23-13-22-47(58(50)60-57)40-30-33-45(34-31-40)61-54-24-11-9-20-48(54)49-21-10-12-25-55(49)61/h1-37H. The molecule has 0 atom stereocenters. The zero-order valence-electron chi connectivity index (χ0n) is 33.2. The third-order valence-electron chi connectivity index (χ3n) is 12.2. The van der Waals surface area contributed by atoms with Crippen LogP contribution in [0, 0.1) is 0 Å². The van der Waals surface area contributed by atoms with E-state index in [1.54, 1.807) is 0 Å². The second kappa shape index (κ2) is 14.3. The van der Waals surface area contributed by atoms with Crippen LogP contribution in [0.5, 0.6) is 0 Å². The van der Waals surface area contributed by atoms with Gasteiger partial charge in [0.25, 0.3) is 0 Å². The van der Waals surface area contributed by atoms with Gasteiger partial charge >= 0.3 is 0 Å². The van der Waals surface area contributed by atoms with Gasteiger partial charge in [0.15, 0.2) is 0 Å². The van der Waals surface area contributed by atoms with Gasteiger partial charge in [-0.2, -0.15) is 0 Å². The molecule has 61 heavy (non-hydrogen) atoms. The lowest BCUT2D eigenvalue weighted by atomic mass is 9.92. The molecule has 0 N–H and O–H groups in total. The van der Waals surface area contributed by atoms with Crippen molar-refractivity contribution >= 4 is 54.3 Å². The number of benzene rings is 9. The molecule has 9 aromatic carbocycles. The molecule has 3 nitrogen and oxygen atoms in total. The molecule has 0 bridgehead atoms. The average Bonchev–Trinajstić information content (AvgIpc) is 3.68. The summed E-state index contributed by atoms with van der Waals surface area (Å²) in [5.74, 6) is 0. The SMILES string of the molecule is c1ccc(-c2cc(-c3ccc(-c4nc5c(-c6ccc(-n7c8ccccc8c8ccccc87)cc6)cccc5c5c4ccc4ccccc45)cc3)cc(-c3ccccc3)n2)cc1. The molecule has 12 rings (SSSR count). The van der Waals surface area contributed by atoms with Gasteiger partial charge in [-0.1, -0.05) is 188 Å². The van der Waals surface area contributed by atoms with E-state index in [2.05, 4.69) is 217 Å². The first-order valence-corrected chi connectivity index (χ1v) is 20.8. The molecule has 0 aliphatic rings. The summed E-state index contributed by atoms with van der Waals surface area (Å²) in [6.45, 7) is 0. The summed E-state index contributed by atoms with van der Waals surface area (Å²) in [6.07, 6.45) is 0. The van der Waals surface area contributed by atoms with Crippen molar-refractivity contribution in [1.29, 1.82) is 0 Å². The summed E-state index contributed by atoms with van der Waals surface area (Å²) < 4.78 is 2.37. The Morgan fingerprint density at radius 1 is 0.311 bits per heavy atom. The monoisotopic (exact) mass is 775 g/mol. The Labute approximate surface area is 353 Å². The Bertz CT molecular complexity index is 3500. The molecule has 12 aromatic rings. The number of rotatable bonds is 6. The molecule has 0 aliphatic carbocycles. The summed E-state index contributed by atoms with van der Waals surface area (Å²) in [4.78, 5) is 10.7. The number of nitrogens with zero attached hydrogens (tertiary/aromatic N) is 3. The molecular weight excluding hydrogens is 739 g/mol. The first-order chi connectivity index (χ1) is 30.2. The minimum Gasteiger partial charge on any atom is -0.309 e. The number of fused-ring (bicyclic) bond motifs is 8. The molecule has 0 radical (unpaired) electrons.